The average Bonchev–Trinajstić information content (AvgIpc) is 2.35. The fourth-order valence-corrected chi connectivity index (χ4v) is 1.47. The lowest BCUT2D eigenvalue weighted by Crippen LogP contribution is -2.20. The van der Waals surface area contributed by atoms with Gasteiger partial charge in [0.15, 0.2) is 0 Å². The number of carbonyl (C=O) groups is 1. The molecule has 0 aliphatic rings. The predicted octanol–water partition coefficient (Wildman–Crippen LogP) is 2.43. The predicted molar refractivity (Wildman–Crippen MR) is 59.3 cm³/mol. The number of hydrogen-bond donors (Lipinski definition) is 1. The zero-order valence-corrected chi connectivity index (χ0v) is 10.3. The van der Waals surface area contributed by atoms with Gasteiger partial charge in [0.05, 0.1) is 19.1 Å². The van der Waals surface area contributed by atoms with Crippen molar-refractivity contribution in [3.05, 3.63) is 29.8 Å². The Labute approximate surface area is 107 Å². The second-order valence-electron chi connectivity index (χ2n) is 3.87. The van der Waals surface area contributed by atoms with E-state index in [2.05, 4.69) is 9.47 Å². The van der Waals surface area contributed by atoms with Crippen LogP contribution >= 0.6 is 0 Å². The van der Waals surface area contributed by atoms with Gasteiger partial charge in [-0.25, -0.2) is 0 Å². The quantitative estimate of drug-likeness (QED) is 0.859. The van der Waals surface area contributed by atoms with Crippen molar-refractivity contribution in [2.45, 2.75) is 19.4 Å². The van der Waals surface area contributed by atoms with Gasteiger partial charge in [-0.1, -0.05) is 12.1 Å². The Morgan fingerprint density at radius 3 is 2.21 bits per heavy atom. The van der Waals surface area contributed by atoms with Crippen molar-refractivity contribution >= 4 is 5.97 Å². The van der Waals surface area contributed by atoms with Crippen LogP contribution in [0.1, 0.15) is 18.6 Å². The van der Waals surface area contributed by atoms with Gasteiger partial charge in [0.25, 0.3) is 0 Å². The molecule has 1 N–H and O–H groups in total. The van der Waals surface area contributed by atoms with E-state index in [4.69, 9.17) is 0 Å². The van der Waals surface area contributed by atoms with Crippen molar-refractivity contribution in [2.75, 3.05) is 7.11 Å². The molecule has 0 aliphatic carbocycles. The second kappa shape index (κ2) is 5.92. The highest BCUT2D eigenvalue weighted by Gasteiger charge is 2.31. The molecule has 0 radical (unpaired) electrons. The van der Waals surface area contributed by atoms with Crippen molar-refractivity contribution in [1.82, 2.24) is 0 Å². The van der Waals surface area contributed by atoms with Crippen molar-refractivity contribution in [3.63, 3.8) is 0 Å². The summed E-state index contributed by atoms with van der Waals surface area (Å²) in [4.78, 5) is 11.2. The molecule has 0 saturated carbocycles. The summed E-state index contributed by atoms with van der Waals surface area (Å²) < 4.78 is 44.0. The Balaban J connectivity index is 2.78. The van der Waals surface area contributed by atoms with Crippen molar-refractivity contribution in [2.24, 2.45) is 5.92 Å². The van der Waals surface area contributed by atoms with Crippen LogP contribution in [0.2, 0.25) is 0 Å². The van der Waals surface area contributed by atoms with E-state index in [1.54, 1.807) is 0 Å². The van der Waals surface area contributed by atoms with Crippen LogP contribution in [-0.2, 0) is 9.53 Å². The SMILES string of the molecule is COC(=O)[C@H](C)[C@@H](O)c1ccc(OC(F)(F)F)cc1. The Bertz CT molecular complexity index is 428. The number of aliphatic hydroxyl groups is 1. The van der Waals surface area contributed by atoms with Crippen LogP contribution in [0, 0.1) is 5.92 Å². The first-order chi connectivity index (χ1) is 8.74. The van der Waals surface area contributed by atoms with Crippen molar-refractivity contribution < 1.29 is 32.5 Å². The monoisotopic (exact) mass is 278 g/mol. The summed E-state index contributed by atoms with van der Waals surface area (Å²) in [5.74, 6) is -1.82. The number of esters is 1. The van der Waals surface area contributed by atoms with E-state index in [0.717, 1.165) is 12.1 Å². The number of alkyl halides is 3. The summed E-state index contributed by atoms with van der Waals surface area (Å²) in [6, 6.07) is 4.64. The number of ether oxygens (including phenoxy) is 2. The van der Waals surface area contributed by atoms with Gasteiger partial charge in [-0.05, 0) is 24.6 Å². The molecule has 1 rings (SSSR count). The molecule has 2 atom stereocenters. The molecule has 0 unspecified atom stereocenters. The van der Waals surface area contributed by atoms with Crippen LogP contribution < -0.4 is 4.74 Å². The molecule has 19 heavy (non-hydrogen) atoms. The maximum atomic E-state index is 11.9. The first-order valence-corrected chi connectivity index (χ1v) is 5.36. The molecule has 0 saturated heterocycles. The molecule has 0 heterocycles. The van der Waals surface area contributed by atoms with E-state index in [1.807, 2.05) is 0 Å². The largest absolute Gasteiger partial charge is 0.573 e. The molecule has 4 nitrogen and oxygen atoms in total. The van der Waals surface area contributed by atoms with Crippen LogP contribution in [0.25, 0.3) is 0 Å². The zero-order chi connectivity index (χ0) is 14.6. The summed E-state index contributed by atoms with van der Waals surface area (Å²) in [7, 11) is 1.19. The molecule has 0 aromatic heterocycles. The number of aliphatic hydroxyl groups excluding tert-OH is 1. The molecule has 0 bridgehead atoms. The summed E-state index contributed by atoms with van der Waals surface area (Å²) >= 11 is 0. The number of hydrogen-bond acceptors (Lipinski definition) is 4. The minimum atomic E-state index is -4.76. The van der Waals surface area contributed by atoms with Gasteiger partial charge in [-0.15, -0.1) is 13.2 Å². The lowest BCUT2D eigenvalue weighted by molar-refractivity contribution is -0.274. The Hall–Kier alpha value is -1.76. The molecule has 1 aromatic carbocycles. The van der Waals surface area contributed by atoms with E-state index in [1.165, 1.54) is 26.2 Å². The lowest BCUT2D eigenvalue weighted by atomic mass is 9.97. The summed E-state index contributed by atoms with van der Waals surface area (Å²) in [6.07, 6.45) is -5.92. The highest BCUT2D eigenvalue weighted by atomic mass is 19.4. The average molecular weight is 278 g/mol. The number of carbonyl (C=O) groups excluding carboxylic acids is 1. The number of benzene rings is 1. The topological polar surface area (TPSA) is 55.8 Å². The second-order valence-corrected chi connectivity index (χ2v) is 3.87. The maximum absolute atomic E-state index is 11.9. The first kappa shape index (κ1) is 15.3. The molecular weight excluding hydrogens is 265 g/mol. The molecule has 0 aliphatic heterocycles. The smallest absolute Gasteiger partial charge is 0.469 e. The number of halogens is 3. The minimum Gasteiger partial charge on any atom is -0.469 e. The Morgan fingerprint density at radius 1 is 1.26 bits per heavy atom. The zero-order valence-electron chi connectivity index (χ0n) is 10.3. The number of methoxy groups -OCH3 is 1. The molecule has 7 heteroatoms. The standard InChI is InChI=1S/C12H13F3O4/c1-7(11(17)18-2)10(16)8-3-5-9(6-4-8)19-12(13,14)15/h3-7,10,16H,1-2H3/t7-,10-/m1/s1. The molecule has 1 aromatic rings. The molecular formula is C12H13F3O4. The maximum Gasteiger partial charge on any atom is 0.573 e. The minimum absolute atomic E-state index is 0.299. The van der Waals surface area contributed by atoms with Gasteiger partial charge in [0.2, 0.25) is 0 Å². The third-order valence-electron chi connectivity index (χ3n) is 2.50. The van der Waals surface area contributed by atoms with E-state index in [9.17, 15) is 23.1 Å². The normalized spacial score (nSPS) is 14.6. The van der Waals surface area contributed by atoms with Crippen LogP contribution in [-0.4, -0.2) is 24.5 Å². The van der Waals surface area contributed by atoms with E-state index in [-0.39, 0.29) is 0 Å². The van der Waals surface area contributed by atoms with Crippen molar-refractivity contribution in [1.29, 1.82) is 0 Å². The van der Waals surface area contributed by atoms with Gasteiger partial charge < -0.3 is 14.6 Å². The molecule has 0 fully saturated rings. The fraction of sp³-hybridized carbons (Fsp3) is 0.417. The lowest BCUT2D eigenvalue weighted by Gasteiger charge is -2.17. The summed E-state index contributed by atoms with van der Waals surface area (Å²) in [5, 5.41) is 9.85. The Morgan fingerprint density at radius 2 is 1.79 bits per heavy atom. The third-order valence-corrected chi connectivity index (χ3v) is 2.50. The van der Waals surface area contributed by atoms with Crippen LogP contribution in [0.3, 0.4) is 0 Å². The van der Waals surface area contributed by atoms with Crippen LogP contribution in [0.5, 0.6) is 5.75 Å². The number of rotatable bonds is 4. The van der Waals surface area contributed by atoms with Gasteiger partial charge in [0, 0.05) is 0 Å². The first-order valence-electron chi connectivity index (χ1n) is 5.36. The van der Waals surface area contributed by atoms with Crippen LogP contribution in [0.4, 0.5) is 13.2 Å². The summed E-state index contributed by atoms with van der Waals surface area (Å²) in [6.45, 7) is 1.45. The third kappa shape index (κ3) is 4.44. The van der Waals surface area contributed by atoms with Gasteiger partial charge in [-0.2, -0.15) is 0 Å². The molecule has 0 amide bonds. The highest BCUT2D eigenvalue weighted by Crippen LogP contribution is 2.27. The van der Waals surface area contributed by atoms with E-state index in [0.29, 0.717) is 5.56 Å². The molecule has 106 valence electrons. The van der Waals surface area contributed by atoms with Gasteiger partial charge >= 0.3 is 12.3 Å². The van der Waals surface area contributed by atoms with Crippen molar-refractivity contribution in [3.8, 4) is 5.75 Å². The van der Waals surface area contributed by atoms with Gasteiger partial charge in [-0.3, -0.25) is 4.79 Å². The Kier molecular flexibility index (Phi) is 4.77. The highest BCUT2D eigenvalue weighted by molar-refractivity contribution is 5.72. The van der Waals surface area contributed by atoms with Crippen LogP contribution in [0.15, 0.2) is 24.3 Å². The van der Waals surface area contributed by atoms with E-state index >= 15 is 0 Å². The van der Waals surface area contributed by atoms with E-state index < -0.39 is 30.1 Å². The fourth-order valence-electron chi connectivity index (χ4n) is 1.47. The molecule has 0 spiro atoms. The summed E-state index contributed by atoms with van der Waals surface area (Å²) in [5.41, 5.74) is 0.299. The van der Waals surface area contributed by atoms with Gasteiger partial charge in [0.1, 0.15) is 5.75 Å².